The van der Waals surface area contributed by atoms with E-state index in [1.165, 1.54) is 5.75 Å². The van der Waals surface area contributed by atoms with Gasteiger partial charge in [0.1, 0.15) is 5.82 Å². The summed E-state index contributed by atoms with van der Waals surface area (Å²) in [6.45, 7) is 7.65. The average molecular weight is 251 g/mol. The maximum atomic E-state index is 5.92. The van der Waals surface area contributed by atoms with E-state index in [1.54, 1.807) is 0 Å². The Labute approximate surface area is 108 Å². The van der Waals surface area contributed by atoms with Crippen molar-refractivity contribution in [2.75, 3.05) is 17.2 Å². The van der Waals surface area contributed by atoms with Crippen molar-refractivity contribution in [2.24, 2.45) is 5.73 Å². The molecule has 0 spiro atoms. The zero-order valence-electron chi connectivity index (χ0n) is 10.8. The zero-order chi connectivity index (χ0) is 12.4. The molecule has 0 bridgehead atoms. The van der Waals surface area contributed by atoms with Crippen molar-refractivity contribution in [3.8, 4) is 0 Å². The highest BCUT2D eigenvalue weighted by Crippen LogP contribution is 2.28. The summed E-state index contributed by atoms with van der Waals surface area (Å²) in [6, 6.07) is 4.73. The molecule has 17 heavy (non-hydrogen) atoms. The second-order valence-corrected chi connectivity index (χ2v) is 6.23. The van der Waals surface area contributed by atoms with Crippen molar-refractivity contribution < 1.29 is 0 Å². The number of nitrogens with zero attached hydrogens (tertiary/aromatic N) is 2. The van der Waals surface area contributed by atoms with Crippen molar-refractivity contribution in [3.63, 3.8) is 0 Å². The zero-order valence-corrected chi connectivity index (χ0v) is 11.6. The maximum Gasteiger partial charge on any atom is 0.129 e. The van der Waals surface area contributed by atoms with Crippen LogP contribution in [0.25, 0.3) is 0 Å². The molecule has 2 rings (SSSR count). The molecule has 0 saturated carbocycles. The lowest BCUT2D eigenvalue weighted by molar-refractivity contribution is 0.619. The molecular weight excluding hydrogens is 230 g/mol. The molecule has 0 amide bonds. The summed E-state index contributed by atoms with van der Waals surface area (Å²) in [5, 5.41) is 0.657. The van der Waals surface area contributed by atoms with E-state index in [9.17, 15) is 0 Å². The first-order chi connectivity index (χ1) is 8.09. The van der Waals surface area contributed by atoms with E-state index in [0.29, 0.717) is 11.3 Å². The molecule has 3 nitrogen and oxygen atoms in total. The maximum absolute atomic E-state index is 5.92. The highest BCUT2D eigenvalue weighted by molar-refractivity contribution is 8.00. The van der Waals surface area contributed by atoms with Gasteiger partial charge in [0.2, 0.25) is 0 Å². The fraction of sp³-hybridized carbons (Fsp3) is 0.615. The monoisotopic (exact) mass is 251 g/mol. The van der Waals surface area contributed by atoms with Gasteiger partial charge in [-0.2, -0.15) is 11.8 Å². The van der Waals surface area contributed by atoms with Crippen LogP contribution >= 0.6 is 11.8 Å². The number of anilines is 1. The summed E-state index contributed by atoms with van der Waals surface area (Å²) in [5.41, 5.74) is 7.08. The van der Waals surface area contributed by atoms with Gasteiger partial charge in [-0.1, -0.05) is 6.92 Å². The Morgan fingerprint density at radius 2 is 2.29 bits per heavy atom. The second-order valence-electron chi connectivity index (χ2n) is 4.75. The standard InChI is InChI=1S/C13H21N3S/c1-9(14)12-4-5-15-13(8-12)16-6-7-17-11(3)10(16)2/h4-5,8-11H,6-7,14H2,1-3H3/t9-,10?,11?/m1/s1. The third-order valence-corrected chi connectivity index (χ3v) is 4.81. The Balaban J connectivity index is 2.23. The van der Waals surface area contributed by atoms with Gasteiger partial charge < -0.3 is 10.6 Å². The van der Waals surface area contributed by atoms with E-state index in [1.807, 2.05) is 30.9 Å². The van der Waals surface area contributed by atoms with Gasteiger partial charge in [0.25, 0.3) is 0 Å². The SMILES string of the molecule is CC1SCCN(c2cc([C@@H](C)N)ccn2)C1C. The number of rotatable bonds is 2. The Bertz CT molecular complexity index is 381. The molecular formula is C13H21N3S. The van der Waals surface area contributed by atoms with E-state index >= 15 is 0 Å². The Hall–Kier alpha value is -0.740. The van der Waals surface area contributed by atoms with Gasteiger partial charge in [0.15, 0.2) is 0 Å². The van der Waals surface area contributed by atoms with Gasteiger partial charge in [0.05, 0.1) is 0 Å². The van der Waals surface area contributed by atoms with E-state index in [0.717, 1.165) is 17.9 Å². The molecule has 3 atom stereocenters. The van der Waals surface area contributed by atoms with Crippen LogP contribution in [-0.4, -0.2) is 28.6 Å². The Morgan fingerprint density at radius 3 is 3.00 bits per heavy atom. The van der Waals surface area contributed by atoms with Crippen LogP contribution in [0.5, 0.6) is 0 Å². The molecule has 1 aromatic rings. The third kappa shape index (κ3) is 2.75. The molecule has 1 aromatic heterocycles. The molecule has 1 saturated heterocycles. The molecule has 0 radical (unpaired) electrons. The van der Waals surface area contributed by atoms with E-state index < -0.39 is 0 Å². The van der Waals surface area contributed by atoms with Gasteiger partial charge in [0, 0.05) is 35.8 Å². The first-order valence-corrected chi connectivity index (χ1v) is 7.24. The number of aromatic nitrogens is 1. The van der Waals surface area contributed by atoms with Gasteiger partial charge in [-0.05, 0) is 31.5 Å². The smallest absolute Gasteiger partial charge is 0.129 e. The second kappa shape index (κ2) is 5.27. The quantitative estimate of drug-likeness (QED) is 0.876. The minimum absolute atomic E-state index is 0.0728. The summed E-state index contributed by atoms with van der Waals surface area (Å²) in [6.07, 6.45) is 1.87. The third-order valence-electron chi connectivity index (χ3n) is 3.47. The van der Waals surface area contributed by atoms with Gasteiger partial charge in [-0.25, -0.2) is 4.98 Å². The van der Waals surface area contributed by atoms with Gasteiger partial charge in [-0.15, -0.1) is 0 Å². The Morgan fingerprint density at radius 1 is 1.53 bits per heavy atom. The summed E-state index contributed by atoms with van der Waals surface area (Å²) < 4.78 is 0. The largest absolute Gasteiger partial charge is 0.352 e. The van der Waals surface area contributed by atoms with Crippen LogP contribution in [0.1, 0.15) is 32.4 Å². The average Bonchev–Trinajstić information content (AvgIpc) is 2.33. The molecule has 1 aliphatic rings. The number of hydrogen-bond donors (Lipinski definition) is 1. The normalized spacial score (nSPS) is 26.9. The van der Waals surface area contributed by atoms with E-state index in [-0.39, 0.29) is 6.04 Å². The van der Waals surface area contributed by atoms with Crippen molar-refractivity contribution in [1.29, 1.82) is 0 Å². The lowest BCUT2D eigenvalue weighted by Gasteiger charge is -2.38. The lowest BCUT2D eigenvalue weighted by Crippen LogP contribution is -2.45. The molecule has 2 unspecified atom stereocenters. The van der Waals surface area contributed by atoms with Crippen molar-refractivity contribution in [1.82, 2.24) is 4.98 Å². The van der Waals surface area contributed by atoms with Crippen LogP contribution in [0.4, 0.5) is 5.82 Å². The van der Waals surface area contributed by atoms with Gasteiger partial charge in [-0.3, -0.25) is 0 Å². The molecule has 0 aliphatic carbocycles. The molecule has 1 aliphatic heterocycles. The number of pyridine rings is 1. The molecule has 2 heterocycles. The molecule has 2 N–H and O–H groups in total. The summed E-state index contributed by atoms with van der Waals surface area (Å²) in [7, 11) is 0. The molecule has 94 valence electrons. The van der Waals surface area contributed by atoms with Crippen molar-refractivity contribution in [3.05, 3.63) is 23.9 Å². The topological polar surface area (TPSA) is 42.1 Å². The van der Waals surface area contributed by atoms with Crippen molar-refractivity contribution >= 4 is 17.6 Å². The summed E-state index contributed by atoms with van der Waals surface area (Å²) in [4.78, 5) is 6.89. The molecule has 1 fully saturated rings. The van der Waals surface area contributed by atoms with Crippen LogP contribution in [0.15, 0.2) is 18.3 Å². The minimum Gasteiger partial charge on any atom is -0.352 e. The van der Waals surface area contributed by atoms with Gasteiger partial charge >= 0.3 is 0 Å². The molecule has 0 aromatic carbocycles. The Kier molecular flexibility index (Phi) is 3.94. The minimum atomic E-state index is 0.0728. The highest BCUT2D eigenvalue weighted by Gasteiger charge is 2.26. The van der Waals surface area contributed by atoms with Crippen LogP contribution in [0.2, 0.25) is 0 Å². The van der Waals surface area contributed by atoms with Crippen LogP contribution < -0.4 is 10.6 Å². The fourth-order valence-corrected chi connectivity index (χ4v) is 3.23. The molecule has 4 heteroatoms. The number of nitrogens with two attached hydrogens (primary N) is 1. The fourth-order valence-electron chi connectivity index (χ4n) is 2.13. The lowest BCUT2D eigenvalue weighted by atomic mass is 10.1. The van der Waals surface area contributed by atoms with Crippen LogP contribution in [0.3, 0.4) is 0 Å². The number of thioether (sulfide) groups is 1. The first-order valence-electron chi connectivity index (χ1n) is 6.19. The number of hydrogen-bond acceptors (Lipinski definition) is 4. The summed E-state index contributed by atoms with van der Waals surface area (Å²) >= 11 is 2.04. The highest BCUT2D eigenvalue weighted by atomic mass is 32.2. The summed E-state index contributed by atoms with van der Waals surface area (Å²) in [5.74, 6) is 2.25. The van der Waals surface area contributed by atoms with Crippen molar-refractivity contribution in [2.45, 2.75) is 38.1 Å². The van der Waals surface area contributed by atoms with Crippen LogP contribution in [0, 0.1) is 0 Å². The van der Waals surface area contributed by atoms with E-state index in [4.69, 9.17) is 5.73 Å². The van der Waals surface area contributed by atoms with Crippen LogP contribution in [-0.2, 0) is 0 Å². The predicted octanol–water partition coefficient (Wildman–Crippen LogP) is 2.43. The van der Waals surface area contributed by atoms with E-state index in [2.05, 4.69) is 29.8 Å². The first kappa shape index (κ1) is 12.7. The predicted molar refractivity (Wildman–Crippen MR) is 75.6 cm³/mol.